The molecule has 4 N–H and O–H groups in total. The van der Waals surface area contributed by atoms with Crippen LogP contribution in [0.1, 0.15) is 21.5 Å². The van der Waals surface area contributed by atoms with Crippen molar-refractivity contribution >= 4 is 17.4 Å². The number of aliphatic imine (C=N–C) groups is 1. The fraction of sp³-hybridized carbons (Fsp3) is 0.0588. The number of carbonyl (C=O) groups is 1. The Morgan fingerprint density at radius 2 is 1.91 bits per heavy atom. The number of carbonyl (C=O) groups excluding carboxylic acids is 1. The number of hydrogen-bond acceptors (Lipinski definition) is 2. The fourth-order valence-corrected chi connectivity index (χ4v) is 2.44. The molecule has 0 saturated carbocycles. The molecule has 0 unspecified atom stereocenters. The summed E-state index contributed by atoms with van der Waals surface area (Å²) in [5, 5.41) is 0. The van der Waals surface area contributed by atoms with Gasteiger partial charge in [0.05, 0.1) is 0 Å². The van der Waals surface area contributed by atoms with Crippen LogP contribution < -0.4 is 16.2 Å². The Morgan fingerprint density at radius 1 is 1.13 bits per heavy atom. The first-order chi connectivity index (χ1) is 11.1. The average molecular weight is 311 g/mol. The molecule has 116 valence electrons. The normalized spacial score (nSPS) is 12.7. The van der Waals surface area contributed by atoms with Crippen LogP contribution in [0.5, 0.6) is 5.75 Å². The molecule has 1 aliphatic heterocycles. The summed E-state index contributed by atoms with van der Waals surface area (Å²) in [6.45, 7) is 0.331. The Hall–Kier alpha value is -3.15. The van der Waals surface area contributed by atoms with Gasteiger partial charge in [-0.2, -0.15) is 4.99 Å². The number of fused-ring (bicyclic) bond motifs is 1. The van der Waals surface area contributed by atoms with Crippen molar-refractivity contribution in [2.45, 2.75) is 0 Å². The van der Waals surface area contributed by atoms with Gasteiger partial charge in [-0.15, -0.1) is 0 Å². The van der Waals surface area contributed by atoms with Crippen molar-refractivity contribution in [3.8, 4) is 5.75 Å². The predicted molar refractivity (Wildman–Crippen MR) is 85.6 cm³/mol. The van der Waals surface area contributed by atoms with Gasteiger partial charge in [0.1, 0.15) is 18.2 Å². The maximum absolute atomic E-state index is 14.1. The van der Waals surface area contributed by atoms with Crippen molar-refractivity contribution in [1.29, 1.82) is 0 Å². The van der Waals surface area contributed by atoms with Crippen LogP contribution >= 0.6 is 0 Å². The van der Waals surface area contributed by atoms with Crippen LogP contribution in [0.3, 0.4) is 0 Å². The molecule has 1 aliphatic rings. The summed E-state index contributed by atoms with van der Waals surface area (Å²) in [6, 6.07) is 11.3. The molecule has 0 bridgehead atoms. The Balaban J connectivity index is 2.09. The van der Waals surface area contributed by atoms with Crippen molar-refractivity contribution in [3.63, 3.8) is 0 Å². The first kappa shape index (κ1) is 14.8. The van der Waals surface area contributed by atoms with E-state index in [0.29, 0.717) is 34.6 Å². The first-order valence-corrected chi connectivity index (χ1v) is 6.92. The molecular weight excluding hydrogens is 297 g/mol. The standard InChI is InChI=1S/C17H14FN3O2/c18-14-4-2-1-3-12(14)11-7-8-23-15-6-5-10(9-13(11)15)16(22)21-17(19)20/h1-7,9H,8H2,(H4,19,20,21,22). The molecule has 23 heavy (non-hydrogen) atoms. The van der Waals surface area contributed by atoms with Gasteiger partial charge in [0, 0.05) is 16.7 Å². The number of rotatable bonds is 2. The zero-order chi connectivity index (χ0) is 16.4. The quantitative estimate of drug-likeness (QED) is 0.656. The summed E-state index contributed by atoms with van der Waals surface area (Å²) in [5.74, 6) is -0.639. The molecule has 6 heteroatoms. The van der Waals surface area contributed by atoms with Crippen molar-refractivity contribution < 1.29 is 13.9 Å². The lowest BCUT2D eigenvalue weighted by Crippen LogP contribution is -2.24. The van der Waals surface area contributed by atoms with Gasteiger partial charge in [0.25, 0.3) is 5.91 Å². The summed E-state index contributed by atoms with van der Waals surface area (Å²) in [4.78, 5) is 15.5. The second-order valence-corrected chi connectivity index (χ2v) is 4.96. The van der Waals surface area contributed by atoms with E-state index in [4.69, 9.17) is 16.2 Å². The van der Waals surface area contributed by atoms with Gasteiger partial charge in [0.15, 0.2) is 5.96 Å². The highest BCUT2D eigenvalue weighted by Crippen LogP contribution is 2.35. The number of nitrogens with two attached hydrogens (primary N) is 2. The molecule has 0 fully saturated rings. The van der Waals surface area contributed by atoms with Crippen molar-refractivity contribution in [1.82, 2.24) is 0 Å². The highest BCUT2D eigenvalue weighted by atomic mass is 19.1. The van der Waals surface area contributed by atoms with Crippen LogP contribution in [-0.2, 0) is 0 Å². The third-order valence-corrected chi connectivity index (χ3v) is 3.44. The minimum Gasteiger partial charge on any atom is -0.489 e. The zero-order valence-electron chi connectivity index (χ0n) is 12.1. The summed E-state index contributed by atoms with van der Waals surface area (Å²) >= 11 is 0. The van der Waals surface area contributed by atoms with E-state index in [2.05, 4.69) is 4.99 Å². The lowest BCUT2D eigenvalue weighted by Gasteiger charge is -2.20. The molecule has 0 radical (unpaired) electrons. The lowest BCUT2D eigenvalue weighted by atomic mass is 9.93. The van der Waals surface area contributed by atoms with E-state index in [9.17, 15) is 9.18 Å². The van der Waals surface area contributed by atoms with Gasteiger partial charge < -0.3 is 16.2 Å². The molecule has 0 atom stereocenters. The van der Waals surface area contributed by atoms with Crippen LogP contribution in [0.25, 0.3) is 5.57 Å². The summed E-state index contributed by atoms with van der Waals surface area (Å²) in [5.41, 5.74) is 12.5. The highest BCUT2D eigenvalue weighted by Gasteiger charge is 2.19. The van der Waals surface area contributed by atoms with Gasteiger partial charge >= 0.3 is 0 Å². The van der Waals surface area contributed by atoms with Crippen LogP contribution in [0, 0.1) is 5.82 Å². The maximum Gasteiger partial charge on any atom is 0.280 e. The Kier molecular flexibility index (Phi) is 3.80. The molecule has 1 amide bonds. The Bertz CT molecular complexity index is 839. The molecule has 5 nitrogen and oxygen atoms in total. The third kappa shape index (κ3) is 2.91. The third-order valence-electron chi connectivity index (χ3n) is 3.44. The lowest BCUT2D eigenvalue weighted by molar-refractivity contribution is 0.100. The molecule has 0 aromatic heterocycles. The number of hydrogen-bond donors (Lipinski definition) is 2. The number of guanidine groups is 1. The van der Waals surface area contributed by atoms with Crippen molar-refractivity contribution in [2.24, 2.45) is 16.5 Å². The number of amides is 1. The van der Waals surface area contributed by atoms with Gasteiger partial charge in [-0.25, -0.2) is 4.39 Å². The van der Waals surface area contributed by atoms with Crippen LogP contribution in [0.2, 0.25) is 0 Å². The van der Waals surface area contributed by atoms with E-state index in [-0.39, 0.29) is 11.8 Å². The van der Waals surface area contributed by atoms with Gasteiger partial charge in [-0.3, -0.25) is 4.79 Å². The number of nitrogens with zero attached hydrogens (tertiary/aromatic N) is 1. The van der Waals surface area contributed by atoms with E-state index in [1.54, 1.807) is 42.5 Å². The minimum absolute atomic E-state index is 0.296. The van der Waals surface area contributed by atoms with Gasteiger partial charge in [-0.1, -0.05) is 18.2 Å². The van der Waals surface area contributed by atoms with Crippen LogP contribution in [0.15, 0.2) is 53.5 Å². The number of halogens is 1. The van der Waals surface area contributed by atoms with Crippen molar-refractivity contribution in [2.75, 3.05) is 6.61 Å². The van der Waals surface area contributed by atoms with Crippen LogP contribution in [-0.4, -0.2) is 18.5 Å². The topological polar surface area (TPSA) is 90.7 Å². The molecule has 0 saturated heterocycles. The average Bonchev–Trinajstić information content (AvgIpc) is 2.54. The fourth-order valence-electron chi connectivity index (χ4n) is 2.44. The molecule has 0 aliphatic carbocycles. The zero-order valence-corrected chi connectivity index (χ0v) is 12.1. The van der Waals surface area contributed by atoms with E-state index in [1.807, 2.05) is 0 Å². The van der Waals surface area contributed by atoms with Gasteiger partial charge in [-0.05, 0) is 35.9 Å². The number of ether oxygens (including phenoxy) is 1. The molecular formula is C17H14FN3O2. The van der Waals surface area contributed by atoms with E-state index >= 15 is 0 Å². The van der Waals surface area contributed by atoms with Crippen molar-refractivity contribution in [3.05, 3.63) is 71.0 Å². The summed E-state index contributed by atoms with van der Waals surface area (Å²) in [7, 11) is 0. The SMILES string of the molecule is NC(N)=NC(=O)c1ccc2c(c1)C(c1ccccc1F)=CCO2. The largest absolute Gasteiger partial charge is 0.489 e. The van der Waals surface area contributed by atoms with Gasteiger partial charge in [0.2, 0.25) is 0 Å². The summed E-state index contributed by atoms with van der Waals surface area (Å²) < 4.78 is 19.6. The molecule has 3 rings (SSSR count). The second-order valence-electron chi connectivity index (χ2n) is 4.96. The molecule has 2 aromatic carbocycles. The molecule has 1 heterocycles. The second kappa shape index (κ2) is 5.92. The van der Waals surface area contributed by atoms with E-state index in [0.717, 1.165) is 0 Å². The summed E-state index contributed by atoms with van der Waals surface area (Å²) in [6.07, 6.45) is 1.77. The maximum atomic E-state index is 14.1. The Morgan fingerprint density at radius 3 is 2.65 bits per heavy atom. The smallest absolute Gasteiger partial charge is 0.280 e. The Labute approximate surface area is 132 Å². The van der Waals surface area contributed by atoms with E-state index in [1.165, 1.54) is 6.07 Å². The monoisotopic (exact) mass is 311 g/mol. The predicted octanol–water partition coefficient (Wildman–Crippen LogP) is 2.06. The molecule has 0 spiro atoms. The molecule has 2 aromatic rings. The minimum atomic E-state index is -0.564. The van der Waals surface area contributed by atoms with Crippen LogP contribution in [0.4, 0.5) is 4.39 Å². The highest BCUT2D eigenvalue weighted by molar-refractivity contribution is 6.03. The van der Waals surface area contributed by atoms with E-state index < -0.39 is 5.91 Å². The number of benzene rings is 2. The first-order valence-electron chi connectivity index (χ1n) is 6.92.